The first-order valence-electron chi connectivity index (χ1n) is 7.40. The molecule has 1 N–H and O–H groups in total. The van der Waals surface area contributed by atoms with Crippen molar-refractivity contribution in [3.63, 3.8) is 0 Å². The average Bonchev–Trinajstić information content (AvgIpc) is 2.54. The number of hydrogen-bond acceptors (Lipinski definition) is 3. The van der Waals surface area contributed by atoms with Gasteiger partial charge in [0.05, 0.1) is 6.54 Å². The molecule has 0 radical (unpaired) electrons. The number of carbonyl (C=O) groups excluding carboxylic acids is 1. The predicted octanol–water partition coefficient (Wildman–Crippen LogP) is 3.64. The number of amides is 1. The van der Waals surface area contributed by atoms with Crippen LogP contribution in [0.3, 0.4) is 0 Å². The van der Waals surface area contributed by atoms with Crippen LogP contribution in [0.5, 0.6) is 11.5 Å². The second kappa shape index (κ2) is 8.58. The Kier molecular flexibility index (Phi) is 6.47. The Morgan fingerprint density at radius 2 is 1.74 bits per heavy atom. The zero-order valence-corrected chi connectivity index (χ0v) is 14.9. The van der Waals surface area contributed by atoms with Crippen molar-refractivity contribution in [3.8, 4) is 11.5 Å². The molecule has 0 bridgehead atoms. The fraction of sp³-hybridized carbons (Fsp3) is 0.278. The molecule has 0 aliphatic heterocycles. The second-order valence-electron chi connectivity index (χ2n) is 5.21. The zero-order chi connectivity index (χ0) is 16.7. The Balaban J connectivity index is 1.65. The highest BCUT2D eigenvalue weighted by molar-refractivity contribution is 9.10. The molecule has 0 saturated heterocycles. The van der Waals surface area contributed by atoms with Crippen molar-refractivity contribution in [2.45, 2.75) is 13.8 Å². The van der Waals surface area contributed by atoms with Gasteiger partial charge in [-0.1, -0.05) is 33.6 Å². The lowest BCUT2D eigenvalue weighted by atomic mass is 10.2. The number of halogens is 1. The average molecular weight is 378 g/mol. The van der Waals surface area contributed by atoms with Gasteiger partial charge in [-0.25, -0.2) is 0 Å². The number of benzene rings is 2. The highest BCUT2D eigenvalue weighted by atomic mass is 79.9. The third-order valence-electron chi connectivity index (χ3n) is 3.21. The number of ether oxygens (including phenoxy) is 2. The van der Waals surface area contributed by atoms with Crippen LogP contribution >= 0.6 is 15.9 Å². The van der Waals surface area contributed by atoms with E-state index >= 15 is 0 Å². The van der Waals surface area contributed by atoms with Crippen molar-refractivity contribution in [1.82, 2.24) is 5.32 Å². The van der Waals surface area contributed by atoms with Crippen molar-refractivity contribution in [1.29, 1.82) is 0 Å². The highest BCUT2D eigenvalue weighted by Crippen LogP contribution is 2.21. The largest absolute Gasteiger partial charge is 0.492 e. The highest BCUT2D eigenvalue weighted by Gasteiger charge is 2.04. The van der Waals surface area contributed by atoms with Crippen molar-refractivity contribution in [3.05, 3.63) is 58.1 Å². The summed E-state index contributed by atoms with van der Waals surface area (Å²) in [5, 5.41) is 2.76. The predicted molar refractivity (Wildman–Crippen MR) is 94.1 cm³/mol. The molecule has 0 aromatic heterocycles. The standard InChI is InChI=1S/C18H20BrNO3/c1-13-3-5-15(6-4-13)22-10-9-20-18(21)12-23-16-7-8-17(19)14(2)11-16/h3-8,11H,9-10,12H2,1-2H3,(H,20,21). The van der Waals surface area contributed by atoms with Gasteiger partial charge in [0.2, 0.25) is 0 Å². The van der Waals surface area contributed by atoms with Crippen LogP contribution in [0.15, 0.2) is 46.9 Å². The molecule has 1 amide bonds. The Morgan fingerprint density at radius 1 is 1.04 bits per heavy atom. The van der Waals surface area contributed by atoms with E-state index in [1.807, 2.05) is 56.3 Å². The maximum atomic E-state index is 11.7. The summed E-state index contributed by atoms with van der Waals surface area (Å²) in [6, 6.07) is 13.4. The second-order valence-corrected chi connectivity index (χ2v) is 6.07. The van der Waals surface area contributed by atoms with Crippen LogP contribution in [-0.2, 0) is 4.79 Å². The fourth-order valence-electron chi connectivity index (χ4n) is 1.90. The van der Waals surface area contributed by atoms with E-state index in [-0.39, 0.29) is 12.5 Å². The van der Waals surface area contributed by atoms with Gasteiger partial charge in [-0.15, -0.1) is 0 Å². The molecule has 4 nitrogen and oxygen atoms in total. The molecular weight excluding hydrogens is 358 g/mol. The molecule has 0 aliphatic carbocycles. The monoisotopic (exact) mass is 377 g/mol. The van der Waals surface area contributed by atoms with Crippen LogP contribution in [0.1, 0.15) is 11.1 Å². The Labute approximate surface area is 144 Å². The molecule has 0 unspecified atom stereocenters. The van der Waals surface area contributed by atoms with Crippen LogP contribution in [0.4, 0.5) is 0 Å². The minimum atomic E-state index is -0.168. The van der Waals surface area contributed by atoms with Gasteiger partial charge in [0.1, 0.15) is 18.1 Å². The Hall–Kier alpha value is -2.01. The fourth-order valence-corrected chi connectivity index (χ4v) is 2.15. The van der Waals surface area contributed by atoms with E-state index in [1.165, 1.54) is 5.56 Å². The van der Waals surface area contributed by atoms with Gasteiger partial charge in [-0.3, -0.25) is 4.79 Å². The van der Waals surface area contributed by atoms with Crippen LogP contribution in [-0.4, -0.2) is 25.7 Å². The first kappa shape index (κ1) is 17.3. The molecule has 0 saturated carbocycles. The van der Waals surface area contributed by atoms with Crippen LogP contribution in [0.2, 0.25) is 0 Å². The topological polar surface area (TPSA) is 47.6 Å². The first-order chi connectivity index (χ1) is 11.0. The van der Waals surface area contributed by atoms with Gasteiger partial charge < -0.3 is 14.8 Å². The normalized spacial score (nSPS) is 10.2. The first-order valence-corrected chi connectivity index (χ1v) is 8.19. The van der Waals surface area contributed by atoms with E-state index in [2.05, 4.69) is 21.2 Å². The molecule has 0 spiro atoms. The molecule has 122 valence electrons. The lowest BCUT2D eigenvalue weighted by Gasteiger charge is -2.10. The minimum Gasteiger partial charge on any atom is -0.492 e. The van der Waals surface area contributed by atoms with E-state index < -0.39 is 0 Å². The molecule has 2 aromatic carbocycles. The molecule has 2 aromatic rings. The Bertz CT molecular complexity index is 656. The van der Waals surface area contributed by atoms with E-state index in [0.29, 0.717) is 18.9 Å². The Morgan fingerprint density at radius 3 is 2.43 bits per heavy atom. The van der Waals surface area contributed by atoms with E-state index in [9.17, 15) is 4.79 Å². The molecule has 0 aliphatic rings. The van der Waals surface area contributed by atoms with Crippen molar-refractivity contribution in [2.75, 3.05) is 19.8 Å². The quantitative estimate of drug-likeness (QED) is 0.749. The van der Waals surface area contributed by atoms with Gasteiger partial charge in [0.25, 0.3) is 5.91 Å². The summed E-state index contributed by atoms with van der Waals surface area (Å²) in [6.45, 7) is 4.85. The van der Waals surface area contributed by atoms with Gasteiger partial charge in [0.15, 0.2) is 6.61 Å². The number of hydrogen-bond donors (Lipinski definition) is 1. The number of nitrogens with one attached hydrogen (secondary N) is 1. The zero-order valence-electron chi connectivity index (χ0n) is 13.3. The van der Waals surface area contributed by atoms with Crippen molar-refractivity contribution >= 4 is 21.8 Å². The molecular formula is C18H20BrNO3. The lowest BCUT2D eigenvalue weighted by Crippen LogP contribution is -2.32. The molecule has 5 heteroatoms. The van der Waals surface area contributed by atoms with Gasteiger partial charge in [0, 0.05) is 4.47 Å². The summed E-state index contributed by atoms with van der Waals surface area (Å²) < 4.78 is 12.0. The molecule has 0 fully saturated rings. The SMILES string of the molecule is Cc1ccc(OCCNC(=O)COc2ccc(Br)c(C)c2)cc1. The minimum absolute atomic E-state index is 0.00833. The van der Waals surface area contributed by atoms with Crippen LogP contribution < -0.4 is 14.8 Å². The van der Waals surface area contributed by atoms with Gasteiger partial charge in [-0.05, 0) is 49.7 Å². The number of aryl methyl sites for hydroxylation is 2. The van der Waals surface area contributed by atoms with E-state index in [1.54, 1.807) is 0 Å². The maximum Gasteiger partial charge on any atom is 0.258 e. The number of rotatable bonds is 7. The summed E-state index contributed by atoms with van der Waals surface area (Å²) in [5.41, 5.74) is 2.25. The van der Waals surface area contributed by atoms with Crippen molar-refractivity contribution < 1.29 is 14.3 Å². The molecule has 0 atom stereocenters. The summed E-state index contributed by atoms with van der Waals surface area (Å²) in [4.78, 5) is 11.7. The third-order valence-corrected chi connectivity index (χ3v) is 4.10. The van der Waals surface area contributed by atoms with E-state index in [0.717, 1.165) is 15.8 Å². The van der Waals surface area contributed by atoms with Crippen LogP contribution in [0.25, 0.3) is 0 Å². The summed E-state index contributed by atoms with van der Waals surface area (Å²) in [6.07, 6.45) is 0. The lowest BCUT2D eigenvalue weighted by molar-refractivity contribution is -0.123. The summed E-state index contributed by atoms with van der Waals surface area (Å²) in [7, 11) is 0. The summed E-state index contributed by atoms with van der Waals surface area (Å²) in [5.74, 6) is 1.31. The van der Waals surface area contributed by atoms with Crippen molar-refractivity contribution in [2.24, 2.45) is 0 Å². The van der Waals surface area contributed by atoms with Crippen LogP contribution in [0, 0.1) is 13.8 Å². The molecule has 23 heavy (non-hydrogen) atoms. The maximum absolute atomic E-state index is 11.7. The van der Waals surface area contributed by atoms with Gasteiger partial charge in [-0.2, -0.15) is 0 Å². The van der Waals surface area contributed by atoms with Gasteiger partial charge >= 0.3 is 0 Å². The molecule has 2 rings (SSSR count). The smallest absolute Gasteiger partial charge is 0.258 e. The number of carbonyl (C=O) groups is 1. The summed E-state index contributed by atoms with van der Waals surface area (Å²) >= 11 is 3.43. The third kappa shape index (κ3) is 5.94. The molecule has 0 heterocycles. The van der Waals surface area contributed by atoms with E-state index in [4.69, 9.17) is 9.47 Å².